The van der Waals surface area contributed by atoms with Crippen molar-refractivity contribution in [1.29, 1.82) is 0 Å². The van der Waals surface area contributed by atoms with E-state index in [0.29, 0.717) is 5.11 Å². The van der Waals surface area contributed by atoms with Gasteiger partial charge in [0.05, 0.1) is 17.4 Å². The lowest BCUT2D eigenvalue weighted by molar-refractivity contribution is 1.05. The Morgan fingerprint density at radius 1 is 1.08 bits per heavy atom. The number of nitrogens with zero attached hydrogens (tertiary/aromatic N) is 3. The fourth-order valence-electron chi connectivity index (χ4n) is 2.38. The van der Waals surface area contributed by atoms with Gasteiger partial charge in [0, 0.05) is 31.4 Å². The zero-order chi connectivity index (χ0) is 17.6. The van der Waals surface area contributed by atoms with Crippen molar-refractivity contribution < 1.29 is 0 Å². The van der Waals surface area contributed by atoms with E-state index < -0.39 is 0 Å². The van der Waals surface area contributed by atoms with Crippen molar-refractivity contribution >= 4 is 45.8 Å². The molecule has 3 aromatic rings. The zero-order valence-corrected chi connectivity index (χ0v) is 14.9. The van der Waals surface area contributed by atoms with Crippen LogP contribution < -0.4 is 15.6 Å². The first-order chi connectivity index (χ1) is 12.1. The Morgan fingerprint density at radius 3 is 2.60 bits per heavy atom. The summed E-state index contributed by atoms with van der Waals surface area (Å²) in [6.07, 6.45) is 3.49. The fraction of sp³-hybridized carbons (Fsp3) is 0.105. The van der Waals surface area contributed by atoms with Gasteiger partial charge in [0.1, 0.15) is 0 Å². The van der Waals surface area contributed by atoms with Gasteiger partial charge < -0.3 is 10.2 Å². The van der Waals surface area contributed by atoms with Gasteiger partial charge in [0.25, 0.3) is 0 Å². The quantitative estimate of drug-likeness (QED) is 0.428. The van der Waals surface area contributed by atoms with E-state index in [4.69, 9.17) is 12.2 Å². The second-order valence-electron chi connectivity index (χ2n) is 5.69. The first-order valence-electron chi connectivity index (χ1n) is 7.85. The van der Waals surface area contributed by atoms with E-state index in [9.17, 15) is 0 Å². The highest BCUT2D eigenvalue weighted by Crippen LogP contribution is 2.20. The van der Waals surface area contributed by atoms with Gasteiger partial charge >= 0.3 is 0 Å². The molecule has 2 aromatic carbocycles. The Balaban J connectivity index is 1.62. The number of para-hydroxylation sites is 1. The summed E-state index contributed by atoms with van der Waals surface area (Å²) in [6.45, 7) is 0. The number of anilines is 2. The molecule has 25 heavy (non-hydrogen) atoms. The van der Waals surface area contributed by atoms with E-state index in [0.717, 1.165) is 27.8 Å². The highest BCUT2D eigenvalue weighted by Gasteiger charge is 2.03. The molecule has 3 rings (SSSR count). The molecule has 2 N–H and O–H groups in total. The molecule has 0 atom stereocenters. The number of aromatic nitrogens is 1. The summed E-state index contributed by atoms with van der Waals surface area (Å²) in [6, 6.07) is 17.9. The smallest absolute Gasteiger partial charge is 0.191 e. The first-order valence-corrected chi connectivity index (χ1v) is 8.25. The normalized spacial score (nSPS) is 10.8. The minimum atomic E-state index is 0.416. The van der Waals surface area contributed by atoms with Crippen molar-refractivity contribution in [1.82, 2.24) is 10.4 Å². The molecule has 0 aliphatic carbocycles. The number of thiocarbonyl (C=S) groups is 1. The van der Waals surface area contributed by atoms with E-state index in [1.54, 1.807) is 12.4 Å². The predicted molar refractivity (Wildman–Crippen MR) is 109 cm³/mol. The first kappa shape index (κ1) is 16.9. The summed E-state index contributed by atoms with van der Waals surface area (Å²) in [4.78, 5) is 6.44. The van der Waals surface area contributed by atoms with Gasteiger partial charge in [-0.05, 0) is 42.0 Å². The van der Waals surface area contributed by atoms with Gasteiger partial charge in [-0.1, -0.05) is 30.3 Å². The molecule has 0 fully saturated rings. The van der Waals surface area contributed by atoms with Crippen molar-refractivity contribution in [3.8, 4) is 0 Å². The minimum absolute atomic E-state index is 0.416. The average molecular weight is 349 g/mol. The standard InChI is InChI=1S/C19H19N5S/c1-24(2)16-10-8-14(9-11-16)13-21-23-19(25)22-17-7-3-5-15-6-4-12-20-18(15)17/h3-13H,1-2H3,(H2,22,23,25)/b21-13+. The van der Waals surface area contributed by atoms with Crippen LogP contribution in [0.3, 0.4) is 0 Å². The van der Waals surface area contributed by atoms with Crippen molar-refractivity contribution in [2.75, 3.05) is 24.3 Å². The lowest BCUT2D eigenvalue weighted by Crippen LogP contribution is -2.24. The molecule has 126 valence electrons. The lowest BCUT2D eigenvalue weighted by atomic mass is 10.2. The van der Waals surface area contributed by atoms with E-state index in [1.165, 1.54) is 0 Å². The molecular weight excluding hydrogens is 330 g/mol. The zero-order valence-electron chi connectivity index (χ0n) is 14.1. The van der Waals surface area contributed by atoms with Crippen LogP contribution in [0.4, 0.5) is 11.4 Å². The minimum Gasteiger partial charge on any atom is -0.378 e. The second-order valence-corrected chi connectivity index (χ2v) is 6.10. The number of hydrazone groups is 1. The maximum absolute atomic E-state index is 5.30. The molecule has 0 unspecified atom stereocenters. The van der Waals surface area contributed by atoms with Crippen molar-refractivity contribution in [2.45, 2.75) is 0 Å². The van der Waals surface area contributed by atoms with E-state index >= 15 is 0 Å². The largest absolute Gasteiger partial charge is 0.378 e. The van der Waals surface area contributed by atoms with Gasteiger partial charge in [-0.25, -0.2) is 0 Å². The van der Waals surface area contributed by atoms with Crippen LogP contribution in [-0.2, 0) is 0 Å². The number of rotatable bonds is 4. The fourth-order valence-corrected chi connectivity index (χ4v) is 2.54. The summed E-state index contributed by atoms with van der Waals surface area (Å²) < 4.78 is 0. The number of fused-ring (bicyclic) bond motifs is 1. The summed E-state index contributed by atoms with van der Waals surface area (Å²) >= 11 is 5.30. The van der Waals surface area contributed by atoms with Crippen LogP contribution in [-0.4, -0.2) is 30.4 Å². The monoisotopic (exact) mass is 349 g/mol. The molecular formula is C19H19N5S. The highest BCUT2D eigenvalue weighted by atomic mass is 32.1. The average Bonchev–Trinajstić information content (AvgIpc) is 2.62. The summed E-state index contributed by atoms with van der Waals surface area (Å²) in [5.74, 6) is 0. The van der Waals surface area contributed by atoms with Gasteiger partial charge in [-0.2, -0.15) is 5.10 Å². The number of benzene rings is 2. The molecule has 6 heteroatoms. The van der Waals surface area contributed by atoms with Crippen molar-refractivity contribution in [2.24, 2.45) is 5.10 Å². The molecule has 5 nitrogen and oxygen atoms in total. The third-order valence-electron chi connectivity index (χ3n) is 3.67. The van der Waals surface area contributed by atoms with Crippen LogP contribution in [0, 0.1) is 0 Å². The molecule has 0 bridgehead atoms. The molecule has 0 saturated heterocycles. The Morgan fingerprint density at radius 2 is 1.84 bits per heavy atom. The van der Waals surface area contributed by atoms with Gasteiger partial charge in [-0.3, -0.25) is 10.4 Å². The summed E-state index contributed by atoms with van der Waals surface area (Å²) in [5.41, 5.74) is 6.69. The number of hydrogen-bond acceptors (Lipinski definition) is 4. The maximum atomic E-state index is 5.30. The number of pyridine rings is 1. The second kappa shape index (κ2) is 7.72. The topological polar surface area (TPSA) is 52.5 Å². The predicted octanol–water partition coefficient (Wildman–Crippen LogP) is 3.62. The van der Waals surface area contributed by atoms with Crippen LogP contribution in [0.15, 0.2) is 65.9 Å². The van der Waals surface area contributed by atoms with Gasteiger partial charge in [0.2, 0.25) is 0 Å². The molecule has 1 heterocycles. The van der Waals surface area contributed by atoms with E-state index in [1.807, 2.05) is 68.7 Å². The Hall–Kier alpha value is -2.99. The molecule has 0 spiro atoms. The van der Waals surface area contributed by atoms with Crippen LogP contribution in [0.2, 0.25) is 0 Å². The molecule has 0 amide bonds. The van der Waals surface area contributed by atoms with E-state index in [2.05, 4.69) is 25.7 Å². The Labute approximate surface area is 152 Å². The van der Waals surface area contributed by atoms with Gasteiger partial charge in [-0.15, -0.1) is 0 Å². The van der Waals surface area contributed by atoms with Crippen molar-refractivity contribution in [3.63, 3.8) is 0 Å². The molecule has 1 aromatic heterocycles. The number of nitrogens with one attached hydrogen (secondary N) is 2. The SMILES string of the molecule is CN(C)c1ccc(/C=N/NC(=S)Nc2cccc3cccnc23)cc1. The Bertz CT molecular complexity index is 898. The molecule has 0 saturated carbocycles. The summed E-state index contributed by atoms with van der Waals surface area (Å²) in [7, 11) is 4.02. The lowest BCUT2D eigenvalue weighted by Gasteiger charge is -2.11. The van der Waals surface area contributed by atoms with Crippen LogP contribution in [0.5, 0.6) is 0 Å². The third-order valence-corrected chi connectivity index (χ3v) is 3.86. The van der Waals surface area contributed by atoms with Crippen LogP contribution >= 0.6 is 12.2 Å². The maximum Gasteiger partial charge on any atom is 0.191 e. The molecule has 0 radical (unpaired) electrons. The Kier molecular flexibility index (Phi) is 5.20. The number of hydrogen-bond donors (Lipinski definition) is 2. The summed E-state index contributed by atoms with van der Waals surface area (Å²) in [5, 5.41) is 8.78. The van der Waals surface area contributed by atoms with Gasteiger partial charge in [0.15, 0.2) is 5.11 Å². The third kappa shape index (κ3) is 4.30. The molecule has 0 aliphatic rings. The van der Waals surface area contributed by atoms with Crippen molar-refractivity contribution in [3.05, 3.63) is 66.4 Å². The molecule has 0 aliphatic heterocycles. The van der Waals surface area contributed by atoms with Crippen LogP contribution in [0.25, 0.3) is 10.9 Å². The van der Waals surface area contributed by atoms with Crippen LogP contribution in [0.1, 0.15) is 5.56 Å². The highest BCUT2D eigenvalue weighted by molar-refractivity contribution is 7.80. The van der Waals surface area contributed by atoms with E-state index in [-0.39, 0.29) is 0 Å².